The monoisotopic (exact) mass is 518 g/mol. The summed E-state index contributed by atoms with van der Waals surface area (Å²) in [7, 11) is 0. The summed E-state index contributed by atoms with van der Waals surface area (Å²) in [5.74, 6) is 1.14. The molecule has 4 aliphatic carbocycles. The average Bonchev–Trinajstić information content (AvgIpc) is 3.57. The van der Waals surface area contributed by atoms with Gasteiger partial charge >= 0.3 is 0 Å². The summed E-state index contributed by atoms with van der Waals surface area (Å²) in [4.78, 5) is 9.04. The summed E-state index contributed by atoms with van der Waals surface area (Å²) in [5.41, 5.74) is 3.21. The number of rotatable bonds is 5. The molecular weight excluding hydrogens is 490 g/mol. The molecule has 9 rings (SSSR count). The lowest BCUT2D eigenvalue weighted by molar-refractivity contribution is -0.129. The summed E-state index contributed by atoms with van der Waals surface area (Å²) in [6.07, 6.45) is 8.93. The minimum atomic E-state index is -0.502. The fourth-order valence-corrected chi connectivity index (χ4v) is 9.46. The molecule has 2 aromatic carbocycles. The SMILES string of the molecule is OC(CC1c2c(F)cccc2-c2cncn21)C12CC3CC(C1)C(Nc1nc4ccc(F)cc4s1)C(C3)C2. The van der Waals surface area contributed by atoms with E-state index in [0.29, 0.717) is 35.8 Å². The van der Waals surface area contributed by atoms with Crippen LogP contribution in [-0.4, -0.2) is 31.8 Å². The Morgan fingerprint density at radius 3 is 2.81 bits per heavy atom. The fourth-order valence-electron chi connectivity index (χ4n) is 8.53. The molecule has 2 N–H and O–H groups in total. The van der Waals surface area contributed by atoms with E-state index in [2.05, 4.69) is 10.3 Å². The zero-order chi connectivity index (χ0) is 24.9. The lowest BCUT2D eigenvalue weighted by atomic mass is 9.46. The van der Waals surface area contributed by atoms with Crippen LogP contribution in [0.1, 0.15) is 50.1 Å². The van der Waals surface area contributed by atoms with Gasteiger partial charge in [0.25, 0.3) is 0 Å². The normalized spacial score (nSPS) is 32.0. The zero-order valence-electron chi connectivity index (χ0n) is 20.3. The third kappa shape index (κ3) is 3.27. The molecule has 3 heterocycles. The number of benzene rings is 2. The number of imidazole rings is 1. The van der Waals surface area contributed by atoms with Crippen LogP contribution in [0.2, 0.25) is 0 Å². The van der Waals surface area contributed by atoms with Crippen molar-refractivity contribution >= 4 is 26.7 Å². The van der Waals surface area contributed by atoms with Gasteiger partial charge in [0.1, 0.15) is 11.6 Å². The van der Waals surface area contributed by atoms with Crippen molar-refractivity contribution in [2.75, 3.05) is 5.32 Å². The van der Waals surface area contributed by atoms with Crippen molar-refractivity contribution in [1.82, 2.24) is 14.5 Å². The quantitative estimate of drug-likeness (QED) is 0.321. The van der Waals surface area contributed by atoms with Gasteiger partial charge in [-0.1, -0.05) is 23.5 Å². The van der Waals surface area contributed by atoms with Gasteiger partial charge in [0, 0.05) is 17.2 Å². The molecule has 5 nitrogen and oxygen atoms in total. The van der Waals surface area contributed by atoms with Crippen LogP contribution in [0.5, 0.6) is 0 Å². The topological polar surface area (TPSA) is 63.0 Å². The first kappa shape index (κ1) is 22.2. The van der Waals surface area contributed by atoms with Gasteiger partial charge in [0.15, 0.2) is 5.13 Å². The highest BCUT2D eigenvalue weighted by Crippen LogP contribution is 2.63. The smallest absolute Gasteiger partial charge is 0.184 e. The highest BCUT2D eigenvalue weighted by Gasteiger charge is 2.58. The number of anilines is 1. The highest BCUT2D eigenvalue weighted by atomic mass is 32.1. The van der Waals surface area contributed by atoms with E-state index in [-0.39, 0.29) is 23.1 Å². The van der Waals surface area contributed by atoms with Crippen LogP contribution in [-0.2, 0) is 0 Å². The van der Waals surface area contributed by atoms with Crippen LogP contribution in [0.3, 0.4) is 0 Å². The number of aromatic nitrogens is 3. The number of fused-ring (bicyclic) bond motifs is 4. The van der Waals surface area contributed by atoms with Crippen molar-refractivity contribution in [2.24, 2.45) is 23.2 Å². The Kier molecular flexibility index (Phi) is 4.70. The molecule has 2 aromatic heterocycles. The van der Waals surface area contributed by atoms with Gasteiger partial charge < -0.3 is 15.0 Å². The van der Waals surface area contributed by atoms with E-state index in [4.69, 9.17) is 4.98 Å². The third-order valence-electron chi connectivity index (χ3n) is 9.78. The average molecular weight is 519 g/mol. The van der Waals surface area contributed by atoms with E-state index in [9.17, 15) is 9.50 Å². The maximum absolute atomic E-state index is 15.0. The molecule has 37 heavy (non-hydrogen) atoms. The number of aliphatic hydroxyl groups excluding tert-OH is 1. The summed E-state index contributed by atoms with van der Waals surface area (Å²) in [6.45, 7) is 0. The van der Waals surface area contributed by atoms with Crippen LogP contribution >= 0.6 is 11.3 Å². The van der Waals surface area contributed by atoms with Crippen molar-refractivity contribution in [1.29, 1.82) is 0 Å². The largest absolute Gasteiger partial charge is 0.392 e. The maximum Gasteiger partial charge on any atom is 0.184 e. The molecule has 4 bridgehead atoms. The van der Waals surface area contributed by atoms with Gasteiger partial charge in [-0.05, 0) is 86.0 Å². The predicted octanol–water partition coefficient (Wildman–Crippen LogP) is 6.40. The van der Waals surface area contributed by atoms with Crippen LogP contribution in [0.15, 0.2) is 48.9 Å². The molecule has 4 saturated carbocycles. The Hall–Kier alpha value is -2.84. The van der Waals surface area contributed by atoms with E-state index in [1.807, 2.05) is 10.6 Å². The molecule has 4 fully saturated rings. The summed E-state index contributed by atoms with van der Waals surface area (Å²) in [6, 6.07) is 10.1. The predicted molar refractivity (Wildman–Crippen MR) is 139 cm³/mol. The second kappa shape index (κ2) is 7.84. The minimum absolute atomic E-state index is 0.125. The Balaban J connectivity index is 1.05. The van der Waals surface area contributed by atoms with E-state index >= 15 is 4.39 Å². The first-order valence-electron chi connectivity index (χ1n) is 13.3. The van der Waals surface area contributed by atoms with Gasteiger partial charge in [-0.25, -0.2) is 18.7 Å². The minimum Gasteiger partial charge on any atom is -0.392 e. The van der Waals surface area contributed by atoms with Crippen molar-refractivity contribution in [3.63, 3.8) is 0 Å². The lowest BCUT2D eigenvalue weighted by Crippen LogP contribution is -2.59. The van der Waals surface area contributed by atoms with Gasteiger partial charge in [-0.2, -0.15) is 0 Å². The summed E-state index contributed by atoms with van der Waals surface area (Å²) in [5, 5.41) is 16.4. The van der Waals surface area contributed by atoms with Crippen molar-refractivity contribution in [3.8, 4) is 11.3 Å². The number of hydrogen-bond acceptors (Lipinski definition) is 5. The zero-order valence-corrected chi connectivity index (χ0v) is 21.1. The number of aliphatic hydroxyl groups is 1. The molecule has 0 spiro atoms. The summed E-state index contributed by atoms with van der Waals surface area (Å²) < 4.78 is 31.6. The third-order valence-corrected chi connectivity index (χ3v) is 10.7. The Bertz CT molecular complexity index is 1520. The number of nitrogens with zero attached hydrogens (tertiary/aromatic N) is 3. The summed E-state index contributed by atoms with van der Waals surface area (Å²) >= 11 is 1.52. The lowest BCUT2D eigenvalue weighted by Gasteiger charge is -2.61. The maximum atomic E-state index is 15.0. The molecule has 0 radical (unpaired) electrons. The molecule has 4 atom stereocenters. The van der Waals surface area contributed by atoms with E-state index in [1.54, 1.807) is 30.7 Å². The van der Waals surface area contributed by atoms with Gasteiger partial charge in [-0.3, -0.25) is 0 Å². The number of hydrogen-bond donors (Lipinski definition) is 2. The van der Waals surface area contributed by atoms with Crippen molar-refractivity contribution < 1.29 is 13.9 Å². The Morgan fingerprint density at radius 1 is 1.14 bits per heavy atom. The Morgan fingerprint density at radius 2 is 1.97 bits per heavy atom. The van der Waals surface area contributed by atoms with E-state index in [0.717, 1.165) is 45.9 Å². The molecule has 8 heteroatoms. The molecule has 1 aliphatic heterocycles. The molecule has 5 aliphatic rings. The molecule has 4 aromatic rings. The van der Waals surface area contributed by atoms with E-state index in [1.165, 1.54) is 36.3 Å². The van der Waals surface area contributed by atoms with Gasteiger partial charge in [-0.15, -0.1) is 0 Å². The fraction of sp³-hybridized carbons (Fsp3) is 0.448. The van der Waals surface area contributed by atoms with Crippen molar-refractivity contribution in [3.05, 3.63) is 66.1 Å². The molecule has 0 saturated heterocycles. The first-order valence-corrected chi connectivity index (χ1v) is 14.1. The van der Waals surface area contributed by atoms with Crippen LogP contribution in [0.25, 0.3) is 21.5 Å². The van der Waals surface area contributed by atoms with Gasteiger partial charge in [0.2, 0.25) is 0 Å². The Labute approximate surface area is 217 Å². The van der Waals surface area contributed by atoms with Crippen LogP contribution in [0.4, 0.5) is 13.9 Å². The molecule has 0 amide bonds. The van der Waals surface area contributed by atoms with Crippen molar-refractivity contribution in [2.45, 2.75) is 56.7 Å². The highest BCUT2D eigenvalue weighted by molar-refractivity contribution is 7.22. The van der Waals surface area contributed by atoms with Crippen LogP contribution < -0.4 is 5.32 Å². The first-order chi connectivity index (χ1) is 18.0. The molecular formula is C29H28F2N4OS. The van der Waals surface area contributed by atoms with Gasteiger partial charge in [0.05, 0.1) is 40.6 Å². The second-order valence-electron chi connectivity index (χ2n) is 11.8. The standard InChI is InChI=1S/C29H28F2N4OS/c30-18-4-5-21-24(8-18)37-28(33-21)34-27-16-6-15-7-17(27)12-29(10-15,11-16)25(36)9-22-26-19(2-1-3-20(26)31)23-13-32-14-35(22)23/h1-5,8,13-17,22,25,27,36H,6-7,9-12H2,(H,33,34). The number of thiazole rings is 1. The molecule has 190 valence electrons. The second-order valence-corrected chi connectivity index (χ2v) is 12.8. The van der Waals surface area contributed by atoms with Crippen LogP contribution in [0, 0.1) is 34.8 Å². The number of halogens is 2. The number of nitrogens with one attached hydrogen (secondary N) is 1. The van der Waals surface area contributed by atoms with E-state index < -0.39 is 6.10 Å². The molecule has 4 unspecified atom stereocenters.